The number of halogens is 3. The van der Waals surface area contributed by atoms with Gasteiger partial charge in [-0.15, -0.1) is 11.3 Å². The minimum absolute atomic E-state index is 0.0140. The van der Waals surface area contributed by atoms with E-state index in [4.69, 9.17) is 4.74 Å². The second-order valence-corrected chi connectivity index (χ2v) is 5.77. The molecule has 2 aromatic rings. The van der Waals surface area contributed by atoms with Crippen LogP contribution in [0.3, 0.4) is 0 Å². The predicted octanol–water partition coefficient (Wildman–Crippen LogP) is 3.42. The maximum absolute atomic E-state index is 13.0. The number of nitro groups is 1. The van der Waals surface area contributed by atoms with Crippen LogP contribution < -0.4 is 10.1 Å². The zero-order valence-electron chi connectivity index (χ0n) is 12.9. The van der Waals surface area contributed by atoms with Crippen molar-refractivity contribution in [1.29, 1.82) is 0 Å². The molecule has 0 aliphatic heterocycles. The molecule has 25 heavy (non-hydrogen) atoms. The van der Waals surface area contributed by atoms with E-state index in [-0.39, 0.29) is 17.5 Å². The third kappa shape index (κ3) is 4.21. The quantitative estimate of drug-likeness (QED) is 0.633. The Hall–Kier alpha value is -2.76. The van der Waals surface area contributed by atoms with Gasteiger partial charge in [0.15, 0.2) is 5.69 Å². The van der Waals surface area contributed by atoms with Gasteiger partial charge >= 0.3 is 11.9 Å². The van der Waals surface area contributed by atoms with Gasteiger partial charge in [-0.05, 0) is 13.8 Å². The molecule has 1 N–H and O–H groups in total. The maximum atomic E-state index is 13.0. The van der Waals surface area contributed by atoms with E-state index in [2.05, 4.69) is 9.97 Å². The number of anilines is 1. The van der Waals surface area contributed by atoms with Crippen LogP contribution in [0.1, 0.15) is 27.3 Å². The highest BCUT2D eigenvalue weighted by Gasteiger charge is 2.39. The molecule has 0 fully saturated rings. The van der Waals surface area contributed by atoms with E-state index in [1.54, 1.807) is 6.92 Å². The molecule has 0 radical (unpaired) electrons. The molecule has 0 unspecified atom stereocenters. The molecular formula is C13H11F3N4O4S. The van der Waals surface area contributed by atoms with Crippen LogP contribution in [0.15, 0.2) is 12.1 Å². The van der Waals surface area contributed by atoms with E-state index in [1.807, 2.05) is 5.32 Å². The zero-order chi connectivity index (χ0) is 18.8. The summed E-state index contributed by atoms with van der Waals surface area (Å²) in [6.45, 7) is 3.18. The highest BCUT2D eigenvalue weighted by molar-refractivity contribution is 7.13. The summed E-state index contributed by atoms with van der Waals surface area (Å²) in [5.41, 5.74) is -1.93. The molecule has 8 nitrogen and oxygen atoms in total. The summed E-state index contributed by atoms with van der Waals surface area (Å²) in [6, 6.07) is 2.26. The first-order valence-corrected chi connectivity index (χ1v) is 7.59. The number of aryl methyl sites for hydroxylation is 1. The van der Waals surface area contributed by atoms with E-state index < -0.39 is 39.1 Å². The lowest BCUT2D eigenvalue weighted by molar-refractivity contribution is -0.384. The van der Waals surface area contributed by atoms with Crippen molar-refractivity contribution < 1.29 is 27.6 Å². The van der Waals surface area contributed by atoms with Crippen LogP contribution in [-0.4, -0.2) is 27.4 Å². The van der Waals surface area contributed by atoms with Crippen molar-refractivity contribution in [3.05, 3.63) is 37.8 Å². The van der Waals surface area contributed by atoms with Gasteiger partial charge in [-0.3, -0.25) is 20.2 Å². The van der Waals surface area contributed by atoms with Crippen LogP contribution in [0, 0.1) is 17.0 Å². The lowest BCUT2D eigenvalue weighted by atomic mass is 10.3. The minimum atomic E-state index is -4.83. The first-order chi connectivity index (χ1) is 11.6. The Balaban J connectivity index is 2.41. The first-order valence-electron chi connectivity index (χ1n) is 6.77. The SMILES string of the molecule is CCOc1ccc([N+](=O)[O-])c(NC(=O)c2sc(C)nc2C(F)(F)F)n1. The molecule has 0 aliphatic rings. The molecule has 0 saturated carbocycles. The van der Waals surface area contributed by atoms with Gasteiger partial charge in [0.25, 0.3) is 5.91 Å². The van der Waals surface area contributed by atoms with E-state index in [9.17, 15) is 28.1 Å². The monoisotopic (exact) mass is 376 g/mol. The van der Waals surface area contributed by atoms with Gasteiger partial charge < -0.3 is 4.74 Å². The van der Waals surface area contributed by atoms with Gasteiger partial charge in [0.05, 0.1) is 16.5 Å². The summed E-state index contributed by atoms with van der Waals surface area (Å²) in [7, 11) is 0. The number of amides is 1. The maximum Gasteiger partial charge on any atom is 0.435 e. The average Bonchev–Trinajstić information content (AvgIpc) is 2.90. The summed E-state index contributed by atoms with van der Waals surface area (Å²) < 4.78 is 43.9. The second-order valence-electron chi connectivity index (χ2n) is 4.57. The molecule has 1 amide bonds. The molecule has 0 atom stereocenters. The lowest BCUT2D eigenvalue weighted by Crippen LogP contribution is -2.18. The van der Waals surface area contributed by atoms with Crippen LogP contribution in [-0.2, 0) is 6.18 Å². The Morgan fingerprint density at radius 1 is 1.40 bits per heavy atom. The molecule has 0 saturated heterocycles. The number of thiazole rings is 1. The van der Waals surface area contributed by atoms with Crippen molar-refractivity contribution in [1.82, 2.24) is 9.97 Å². The number of rotatable bonds is 5. The Labute approximate surface area is 142 Å². The van der Waals surface area contributed by atoms with Crippen molar-refractivity contribution in [3.8, 4) is 5.88 Å². The molecule has 134 valence electrons. The Bertz CT molecular complexity index is 822. The van der Waals surface area contributed by atoms with Crippen LogP contribution in [0.5, 0.6) is 5.88 Å². The molecule has 0 aromatic carbocycles. The van der Waals surface area contributed by atoms with E-state index >= 15 is 0 Å². The Morgan fingerprint density at radius 3 is 2.64 bits per heavy atom. The molecular weight excluding hydrogens is 365 g/mol. The summed E-state index contributed by atoms with van der Waals surface area (Å²) in [5, 5.41) is 13.1. The summed E-state index contributed by atoms with van der Waals surface area (Å²) in [6.07, 6.45) is -4.83. The van der Waals surface area contributed by atoms with E-state index in [0.717, 1.165) is 6.07 Å². The largest absolute Gasteiger partial charge is 0.478 e. The molecule has 2 heterocycles. The van der Waals surface area contributed by atoms with Gasteiger partial charge in [-0.2, -0.15) is 18.2 Å². The number of hydrogen-bond donors (Lipinski definition) is 1. The van der Waals surface area contributed by atoms with Gasteiger partial charge in [-0.1, -0.05) is 0 Å². The first kappa shape index (κ1) is 18.6. The van der Waals surface area contributed by atoms with Gasteiger partial charge in [0.2, 0.25) is 11.7 Å². The average molecular weight is 376 g/mol. The predicted molar refractivity (Wildman–Crippen MR) is 81.9 cm³/mol. The van der Waals surface area contributed by atoms with Crippen LogP contribution in [0.2, 0.25) is 0 Å². The molecule has 2 aromatic heterocycles. The number of alkyl halides is 3. The molecule has 2 rings (SSSR count). The molecule has 0 aliphatic carbocycles. The third-order valence-electron chi connectivity index (χ3n) is 2.78. The number of nitrogens with one attached hydrogen (secondary N) is 1. The van der Waals surface area contributed by atoms with Crippen LogP contribution in [0.25, 0.3) is 0 Å². The standard InChI is InChI=1S/C13H11F3N4O4S/c1-3-24-8-5-4-7(20(22)23)11(18-8)19-12(21)9-10(13(14,15)16)17-6(2)25-9/h4-5H,3H2,1-2H3,(H,18,19,21). The highest BCUT2D eigenvalue weighted by Crippen LogP contribution is 2.35. The second kappa shape index (κ2) is 7.01. The van der Waals surface area contributed by atoms with Crippen molar-refractivity contribution in [2.24, 2.45) is 0 Å². The van der Waals surface area contributed by atoms with Crippen molar-refractivity contribution >= 4 is 28.7 Å². The fraction of sp³-hybridized carbons (Fsp3) is 0.308. The fourth-order valence-electron chi connectivity index (χ4n) is 1.84. The smallest absolute Gasteiger partial charge is 0.435 e. The van der Waals surface area contributed by atoms with Crippen molar-refractivity contribution in [2.75, 3.05) is 11.9 Å². The Morgan fingerprint density at radius 2 is 2.08 bits per heavy atom. The number of carbonyl (C=O) groups excluding carboxylic acids is 1. The van der Waals surface area contributed by atoms with E-state index in [0.29, 0.717) is 11.3 Å². The molecule has 12 heteroatoms. The molecule has 0 bridgehead atoms. The summed E-state index contributed by atoms with van der Waals surface area (Å²) >= 11 is 0.525. The number of ether oxygens (including phenoxy) is 1. The van der Waals surface area contributed by atoms with Gasteiger partial charge in [0.1, 0.15) is 4.88 Å². The summed E-state index contributed by atoms with van der Waals surface area (Å²) in [4.78, 5) is 28.8. The number of carbonyl (C=O) groups is 1. The number of hydrogen-bond acceptors (Lipinski definition) is 7. The number of aromatic nitrogens is 2. The summed E-state index contributed by atoms with van der Waals surface area (Å²) in [5.74, 6) is -1.72. The Kier molecular flexibility index (Phi) is 5.21. The number of pyridine rings is 1. The van der Waals surface area contributed by atoms with Gasteiger partial charge in [-0.25, -0.2) is 4.98 Å². The lowest BCUT2D eigenvalue weighted by Gasteiger charge is -2.08. The van der Waals surface area contributed by atoms with Crippen LogP contribution >= 0.6 is 11.3 Å². The van der Waals surface area contributed by atoms with Crippen molar-refractivity contribution in [2.45, 2.75) is 20.0 Å². The zero-order valence-corrected chi connectivity index (χ0v) is 13.7. The van der Waals surface area contributed by atoms with E-state index in [1.165, 1.54) is 13.0 Å². The minimum Gasteiger partial charge on any atom is -0.478 e. The number of nitrogens with zero attached hydrogens (tertiary/aromatic N) is 3. The molecule has 0 spiro atoms. The van der Waals surface area contributed by atoms with Crippen LogP contribution in [0.4, 0.5) is 24.7 Å². The highest BCUT2D eigenvalue weighted by atomic mass is 32.1. The van der Waals surface area contributed by atoms with Crippen molar-refractivity contribution in [3.63, 3.8) is 0 Å². The fourth-order valence-corrected chi connectivity index (χ4v) is 2.67. The van der Waals surface area contributed by atoms with Gasteiger partial charge in [0, 0.05) is 12.1 Å². The normalized spacial score (nSPS) is 11.2. The third-order valence-corrected chi connectivity index (χ3v) is 3.75. The topological polar surface area (TPSA) is 107 Å².